The van der Waals surface area contributed by atoms with Gasteiger partial charge in [-0.2, -0.15) is 0 Å². The number of rotatable bonds is 7. The summed E-state index contributed by atoms with van der Waals surface area (Å²) in [6.07, 6.45) is 7.82. The largest absolute Gasteiger partial charge is 0.444 e. The third-order valence-electron chi connectivity index (χ3n) is 4.93. The third-order valence-corrected chi connectivity index (χ3v) is 4.93. The van der Waals surface area contributed by atoms with Crippen molar-refractivity contribution >= 4 is 12.0 Å². The van der Waals surface area contributed by atoms with Gasteiger partial charge in [0, 0.05) is 13.0 Å². The lowest BCUT2D eigenvalue weighted by Gasteiger charge is -2.34. The first kappa shape index (κ1) is 20.8. The average molecular weight is 341 g/mol. The smallest absolute Gasteiger partial charge is 0.407 e. The van der Waals surface area contributed by atoms with Crippen LogP contribution < -0.4 is 10.6 Å². The van der Waals surface area contributed by atoms with Gasteiger partial charge in [0.1, 0.15) is 5.60 Å². The molecule has 0 aliphatic heterocycles. The summed E-state index contributed by atoms with van der Waals surface area (Å²) in [5.41, 5.74) is -0.919. The molecule has 0 spiro atoms. The molecule has 0 radical (unpaired) electrons. The minimum atomic E-state index is -0.518. The van der Waals surface area contributed by atoms with E-state index in [0.29, 0.717) is 18.9 Å². The fraction of sp³-hybridized carbons (Fsp3) is 0.895. The van der Waals surface area contributed by atoms with Crippen LogP contribution in [0.5, 0.6) is 0 Å². The average Bonchev–Trinajstić information content (AvgIpc) is 2.51. The lowest BCUT2D eigenvalue weighted by molar-refractivity contribution is -0.124. The van der Waals surface area contributed by atoms with Crippen molar-refractivity contribution in [1.82, 2.24) is 10.6 Å². The van der Waals surface area contributed by atoms with Gasteiger partial charge in [-0.25, -0.2) is 4.79 Å². The molecule has 0 unspecified atom stereocenters. The molecule has 1 saturated carbocycles. The minimum absolute atomic E-state index is 0.108. The van der Waals surface area contributed by atoms with Crippen molar-refractivity contribution in [3.63, 3.8) is 0 Å². The van der Waals surface area contributed by atoms with Crippen molar-refractivity contribution in [3.05, 3.63) is 0 Å². The Labute approximate surface area is 147 Å². The third kappa shape index (κ3) is 7.54. The second kappa shape index (κ2) is 9.28. The first-order valence-corrected chi connectivity index (χ1v) is 9.47. The van der Waals surface area contributed by atoms with Crippen molar-refractivity contribution in [2.75, 3.05) is 6.54 Å². The van der Waals surface area contributed by atoms with Crippen LogP contribution in [0.15, 0.2) is 0 Å². The van der Waals surface area contributed by atoms with Crippen LogP contribution in [-0.4, -0.2) is 29.7 Å². The molecule has 0 aromatic rings. The molecule has 1 fully saturated rings. The van der Waals surface area contributed by atoms with Gasteiger partial charge >= 0.3 is 6.09 Å². The van der Waals surface area contributed by atoms with Crippen LogP contribution in [-0.2, 0) is 9.53 Å². The van der Waals surface area contributed by atoms with Crippen molar-refractivity contribution in [1.29, 1.82) is 0 Å². The highest BCUT2D eigenvalue weighted by Crippen LogP contribution is 2.26. The zero-order valence-electron chi connectivity index (χ0n) is 16.2. The van der Waals surface area contributed by atoms with Crippen LogP contribution in [0.3, 0.4) is 0 Å². The maximum atomic E-state index is 12.5. The zero-order valence-corrected chi connectivity index (χ0v) is 16.2. The molecule has 5 nitrogen and oxygen atoms in total. The highest BCUT2D eigenvalue weighted by Gasteiger charge is 2.30. The molecule has 0 aromatic carbocycles. The lowest BCUT2D eigenvalue weighted by Crippen LogP contribution is -2.55. The van der Waals surface area contributed by atoms with E-state index < -0.39 is 17.2 Å². The van der Waals surface area contributed by atoms with Gasteiger partial charge in [0.25, 0.3) is 0 Å². The summed E-state index contributed by atoms with van der Waals surface area (Å²) in [6.45, 7) is 10.00. The Hall–Kier alpha value is -1.26. The molecule has 0 aromatic heterocycles. The molecule has 24 heavy (non-hydrogen) atoms. The molecule has 140 valence electrons. The van der Waals surface area contributed by atoms with Crippen LogP contribution in [0.4, 0.5) is 4.79 Å². The topological polar surface area (TPSA) is 67.4 Å². The number of carbonyl (C=O) groups is 2. The number of carbonyl (C=O) groups excluding carboxylic acids is 2. The summed E-state index contributed by atoms with van der Waals surface area (Å²) >= 11 is 0. The summed E-state index contributed by atoms with van der Waals surface area (Å²) in [5, 5.41) is 6.00. The highest BCUT2D eigenvalue weighted by molar-refractivity contribution is 5.77. The van der Waals surface area contributed by atoms with Crippen LogP contribution >= 0.6 is 0 Å². The van der Waals surface area contributed by atoms with Gasteiger partial charge in [-0.05, 0) is 52.4 Å². The van der Waals surface area contributed by atoms with E-state index in [1.165, 1.54) is 19.3 Å². The Morgan fingerprint density at radius 3 is 2.12 bits per heavy atom. The first-order valence-electron chi connectivity index (χ1n) is 9.47. The molecule has 2 N–H and O–H groups in total. The summed E-state index contributed by atoms with van der Waals surface area (Å²) in [4.78, 5) is 24.4. The van der Waals surface area contributed by atoms with Crippen LogP contribution in [0.25, 0.3) is 0 Å². The molecule has 0 bridgehead atoms. The number of hydrogen-bond donors (Lipinski definition) is 2. The maximum Gasteiger partial charge on any atom is 0.407 e. The van der Waals surface area contributed by atoms with E-state index in [4.69, 9.17) is 4.74 Å². The van der Waals surface area contributed by atoms with Gasteiger partial charge in [0.2, 0.25) is 5.91 Å². The number of nitrogens with one attached hydrogen (secondary N) is 2. The number of amides is 2. The molecule has 2 amide bonds. The van der Waals surface area contributed by atoms with Crippen molar-refractivity contribution in [3.8, 4) is 0 Å². The Kier molecular flexibility index (Phi) is 8.04. The van der Waals surface area contributed by atoms with E-state index >= 15 is 0 Å². The SMILES string of the molecule is CCC(CC)(CNC(=O)OC(C)(C)C)NC(=O)CC1CCCCC1. The lowest BCUT2D eigenvalue weighted by atomic mass is 9.86. The van der Waals surface area contributed by atoms with Crippen molar-refractivity contribution in [2.24, 2.45) is 5.92 Å². The van der Waals surface area contributed by atoms with Crippen molar-refractivity contribution in [2.45, 2.75) is 97.1 Å². The number of hydrogen-bond acceptors (Lipinski definition) is 3. The molecule has 0 heterocycles. The van der Waals surface area contributed by atoms with E-state index in [1.807, 2.05) is 34.6 Å². The predicted octanol–water partition coefficient (Wildman–Crippen LogP) is 4.16. The van der Waals surface area contributed by atoms with E-state index in [1.54, 1.807) is 0 Å². The van der Waals surface area contributed by atoms with E-state index in [2.05, 4.69) is 10.6 Å². The molecule has 1 rings (SSSR count). The summed E-state index contributed by atoms with van der Waals surface area (Å²) in [7, 11) is 0. The monoisotopic (exact) mass is 340 g/mol. The second-order valence-corrected chi connectivity index (χ2v) is 8.10. The summed E-state index contributed by atoms with van der Waals surface area (Å²) in [5.74, 6) is 0.626. The molecule has 0 saturated heterocycles. The van der Waals surface area contributed by atoms with Gasteiger partial charge in [-0.15, -0.1) is 0 Å². The fourth-order valence-corrected chi connectivity index (χ4v) is 3.28. The normalized spacial score (nSPS) is 16.5. The Bertz CT molecular complexity index is 405. The zero-order chi connectivity index (χ0) is 18.2. The molecular formula is C19H36N2O3. The van der Waals surface area contributed by atoms with E-state index in [-0.39, 0.29) is 5.91 Å². The molecule has 1 aliphatic rings. The highest BCUT2D eigenvalue weighted by atomic mass is 16.6. The molecule has 1 aliphatic carbocycles. The van der Waals surface area contributed by atoms with Crippen LogP contribution in [0, 0.1) is 5.92 Å². The molecule has 0 atom stereocenters. The summed E-state index contributed by atoms with van der Waals surface area (Å²) in [6, 6.07) is 0. The first-order chi connectivity index (χ1) is 11.2. The van der Waals surface area contributed by atoms with Gasteiger partial charge in [0.15, 0.2) is 0 Å². The number of ether oxygens (including phenoxy) is 1. The van der Waals surface area contributed by atoms with Crippen LogP contribution in [0.1, 0.15) is 86.0 Å². The minimum Gasteiger partial charge on any atom is -0.444 e. The standard InChI is InChI=1S/C19H36N2O3/c1-6-19(7-2,14-20-17(23)24-18(3,4)5)21-16(22)13-15-11-9-8-10-12-15/h15H,6-14H2,1-5H3,(H,20,23)(H,21,22). The van der Waals surface area contributed by atoms with Gasteiger partial charge in [-0.3, -0.25) is 4.79 Å². The van der Waals surface area contributed by atoms with E-state index in [0.717, 1.165) is 25.7 Å². The van der Waals surface area contributed by atoms with Gasteiger partial charge < -0.3 is 15.4 Å². The van der Waals surface area contributed by atoms with Crippen LogP contribution in [0.2, 0.25) is 0 Å². The Balaban J connectivity index is 2.53. The molecular weight excluding hydrogens is 304 g/mol. The molecule has 5 heteroatoms. The maximum absolute atomic E-state index is 12.5. The van der Waals surface area contributed by atoms with E-state index in [9.17, 15) is 9.59 Å². The Morgan fingerprint density at radius 2 is 1.62 bits per heavy atom. The quantitative estimate of drug-likeness (QED) is 0.731. The van der Waals surface area contributed by atoms with Crippen molar-refractivity contribution < 1.29 is 14.3 Å². The predicted molar refractivity (Wildman–Crippen MR) is 96.9 cm³/mol. The second-order valence-electron chi connectivity index (χ2n) is 8.10. The number of alkyl carbamates (subject to hydrolysis) is 1. The van der Waals surface area contributed by atoms with Gasteiger partial charge in [-0.1, -0.05) is 33.1 Å². The fourth-order valence-electron chi connectivity index (χ4n) is 3.28. The van der Waals surface area contributed by atoms with Gasteiger partial charge in [0.05, 0.1) is 5.54 Å². The Morgan fingerprint density at radius 1 is 1.04 bits per heavy atom. The summed E-state index contributed by atoms with van der Waals surface area (Å²) < 4.78 is 5.29.